The Morgan fingerprint density at radius 2 is 2.11 bits per heavy atom. The van der Waals surface area contributed by atoms with Gasteiger partial charge in [-0.3, -0.25) is 4.79 Å². The number of nitrogens with zero attached hydrogens (tertiary/aromatic N) is 1. The van der Waals surface area contributed by atoms with Crippen LogP contribution in [0, 0.1) is 0 Å². The Morgan fingerprint density at radius 1 is 1.47 bits per heavy atom. The zero-order chi connectivity index (χ0) is 14.6. The topological polar surface area (TPSA) is 57.6 Å². The van der Waals surface area contributed by atoms with Crippen molar-refractivity contribution in [1.82, 2.24) is 4.90 Å². The molecule has 1 heterocycles. The fourth-order valence-corrected chi connectivity index (χ4v) is 2.04. The van der Waals surface area contributed by atoms with Crippen molar-refractivity contribution in [3.8, 4) is 0 Å². The van der Waals surface area contributed by atoms with Crippen molar-refractivity contribution in [2.75, 3.05) is 13.6 Å². The molecule has 0 spiro atoms. The highest BCUT2D eigenvalue weighted by atomic mass is 32.1. The van der Waals surface area contributed by atoms with Crippen LogP contribution in [-0.2, 0) is 4.79 Å². The van der Waals surface area contributed by atoms with Gasteiger partial charge in [0.15, 0.2) is 0 Å². The molecule has 19 heavy (non-hydrogen) atoms. The van der Waals surface area contributed by atoms with Gasteiger partial charge in [-0.25, -0.2) is 4.79 Å². The maximum Gasteiger partial charge on any atom is 0.406 e. The Labute approximate surface area is 110 Å². The van der Waals surface area contributed by atoms with Crippen molar-refractivity contribution in [1.29, 1.82) is 0 Å². The number of aliphatic carboxylic acids is 1. The molecule has 1 aromatic heterocycles. The first kappa shape index (κ1) is 15.2. The fourth-order valence-electron chi connectivity index (χ4n) is 1.27. The number of thiophene rings is 1. The van der Waals surface area contributed by atoms with E-state index in [9.17, 15) is 22.8 Å². The summed E-state index contributed by atoms with van der Waals surface area (Å²) in [5.41, 5.74) is 0.0989. The van der Waals surface area contributed by atoms with Crippen LogP contribution in [0.25, 0.3) is 6.08 Å². The molecule has 8 heteroatoms. The van der Waals surface area contributed by atoms with E-state index in [2.05, 4.69) is 0 Å². The van der Waals surface area contributed by atoms with Crippen molar-refractivity contribution < 1.29 is 27.9 Å². The van der Waals surface area contributed by atoms with E-state index in [-0.39, 0.29) is 5.56 Å². The van der Waals surface area contributed by atoms with Gasteiger partial charge < -0.3 is 10.0 Å². The largest absolute Gasteiger partial charge is 0.478 e. The fraction of sp³-hybridized carbons (Fsp3) is 0.273. The number of hydrogen-bond donors (Lipinski definition) is 1. The van der Waals surface area contributed by atoms with Crippen LogP contribution >= 0.6 is 11.3 Å². The number of hydrogen-bond acceptors (Lipinski definition) is 3. The predicted octanol–water partition coefficient (Wildman–Crippen LogP) is 2.48. The lowest BCUT2D eigenvalue weighted by Gasteiger charge is -2.18. The quantitative estimate of drug-likeness (QED) is 0.868. The zero-order valence-corrected chi connectivity index (χ0v) is 10.6. The lowest BCUT2D eigenvalue weighted by atomic mass is 10.2. The number of carbonyl (C=O) groups excluding carboxylic acids is 1. The monoisotopic (exact) mass is 293 g/mol. The van der Waals surface area contributed by atoms with Crippen molar-refractivity contribution in [3.63, 3.8) is 0 Å². The Hall–Kier alpha value is -1.83. The second kappa shape index (κ2) is 5.87. The number of carboxylic acid groups (broad SMARTS) is 1. The maximum atomic E-state index is 12.1. The number of carboxylic acids is 1. The van der Waals surface area contributed by atoms with Gasteiger partial charge in [-0.15, -0.1) is 11.3 Å². The van der Waals surface area contributed by atoms with Gasteiger partial charge in [-0.05, 0) is 12.1 Å². The number of rotatable bonds is 4. The smallest absolute Gasteiger partial charge is 0.406 e. The molecular weight excluding hydrogens is 283 g/mol. The molecule has 1 aromatic rings. The molecule has 4 nitrogen and oxygen atoms in total. The first-order chi connectivity index (χ1) is 8.69. The normalized spacial score (nSPS) is 11.8. The van der Waals surface area contributed by atoms with Gasteiger partial charge in [0.25, 0.3) is 5.91 Å². The second-order valence-corrected chi connectivity index (χ2v) is 4.63. The van der Waals surface area contributed by atoms with Crippen LogP contribution in [0.1, 0.15) is 15.2 Å². The van der Waals surface area contributed by atoms with E-state index in [1.165, 1.54) is 17.5 Å². The summed E-state index contributed by atoms with van der Waals surface area (Å²) in [6.45, 7) is -1.33. The third-order valence-corrected chi connectivity index (χ3v) is 2.92. The summed E-state index contributed by atoms with van der Waals surface area (Å²) >= 11 is 1.08. The maximum absolute atomic E-state index is 12.1. The summed E-state index contributed by atoms with van der Waals surface area (Å²) < 4.78 is 36.4. The van der Waals surface area contributed by atoms with E-state index < -0.39 is 24.6 Å². The summed E-state index contributed by atoms with van der Waals surface area (Å²) in [5, 5.41) is 9.81. The molecule has 0 radical (unpaired) electrons. The predicted molar refractivity (Wildman–Crippen MR) is 64.0 cm³/mol. The number of alkyl halides is 3. The van der Waals surface area contributed by atoms with E-state index in [1.54, 1.807) is 0 Å². The Balaban J connectivity index is 2.76. The first-order valence-corrected chi connectivity index (χ1v) is 5.89. The number of amides is 1. The Bertz CT molecular complexity index is 508. The van der Waals surface area contributed by atoms with Crippen LogP contribution < -0.4 is 0 Å². The molecule has 0 fully saturated rings. The third kappa shape index (κ3) is 5.12. The zero-order valence-electron chi connectivity index (χ0n) is 9.77. The van der Waals surface area contributed by atoms with Crippen molar-refractivity contribution in [2.24, 2.45) is 0 Å². The molecule has 0 aliphatic rings. The van der Waals surface area contributed by atoms with Gasteiger partial charge in [-0.2, -0.15) is 13.2 Å². The summed E-state index contributed by atoms with van der Waals surface area (Å²) in [6.07, 6.45) is -2.29. The molecule has 0 aromatic carbocycles. The van der Waals surface area contributed by atoms with Gasteiger partial charge in [0.2, 0.25) is 0 Å². The summed E-state index contributed by atoms with van der Waals surface area (Å²) in [5.74, 6) is -1.90. The van der Waals surface area contributed by atoms with Gasteiger partial charge in [0, 0.05) is 23.4 Å². The van der Waals surface area contributed by atoms with Crippen LogP contribution in [0.3, 0.4) is 0 Å². The van der Waals surface area contributed by atoms with Crippen LogP contribution in [0.4, 0.5) is 13.2 Å². The van der Waals surface area contributed by atoms with Crippen LogP contribution in [0.2, 0.25) is 0 Å². The average molecular weight is 293 g/mol. The summed E-state index contributed by atoms with van der Waals surface area (Å²) in [4.78, 5) is 23.0. The molecule has 1 amide bonds. The van der Waals surface area contributed by atoms with Gasteiger partial charge in [-0.1, -0.05) is 0 Å². The van der Waals surface area contributed by atoms with Crippen molar-refractivity contribution in [2.45, 2.75) is 6.18 Å². The van der Waals surface area contributed by atoms with E-state index in [4.69, 9.17) is 5.11 Å². The minimum atomic E-state index is -4.45. The molecule has 0 aliphatic carbocycles. The van der Waals surface area contributed by atoms with Crippen LogP contribution in [0.5, 0.6) is 0 Å². The van der Waals surface area contributed by atoms with E-state index in [0.29, 0.717) is 9.78 Å². The first-order valence-electron chi connectivity index (χ1n) is 5.01. The Morgan fingerprint density at radius 3 is 2.63 bits per heavy atom. The summed E-state index contributed by atoms with van der Waals surface area (Å²) in [7, 11) is 1.06. The van der Waals surface area contributed by atoms with E-state index in [0.717, 1.165) is 24.5 Å². The molecule has 0 saturated carbocycles. The molecular formula is C11H10F3NO3S. The highest BCUT2D eigenvalue weighted by Crippen LogP contribution is 2.20. The highest BCUT2D eigenvalue weighted by Gasteiger charge is 2.31. The van der Waals surface area contributed by atoms with Gasteiger partial charge in [0.05, 0.1) is 5.56 Å². The molecule has 0 unspecified atom stereocenters. The van der Waals surface area contributed by atoms with Gasteiger partial charge >= 0.3 is 12.1 Å². The Kier molecular flexibility index (Phi) is 4.71. The summed E-state index contributed by atoms with van der Waals surface area (Å²) in [6, 6.07) is 1.35. The lowest BCUT2D eigenvalue weighted by molar-refractivity contribution is -0.138. The second-order valence-electron chi connectivity index (χ2n) is 3.69. The molecule has 0 atom stereocenters. The number of carbonyl (C=O) groups is 2. The minimum Gasteiger partial charge on any atom is -0.478 e. The molecule has 0 aliphatic heterocycles. The minimum absolute atomic E-state index is 0.0989. The molecule has 1 rings (SSSR count). The van der Waals surface area contributed by atoms with Crippen molar-refractivity contribution >= 4 is 29.3 Å². The highest BCUT2D eigenvalue weighted by molar-refractivity contribution is 7.11. The van der Waals surface area contributed by atoms with Crippen LogP contribution in [0.15, 0.2) is 17.5 Å². The van der Waals surface area contributed by atoms with E-state index >= 15 is 0 Å². The lowest BCUT2D eigenvalue weighted by Crippen LogP contribution is -2.35. The third-order valence-electron chi connectivity index (χ3n) is 2.02. The molecule has 104 valence electrons. The van der Waals surface area contributed by atoms with E-state index in [1.807, 2.05) is 0 Å². The molecule has 0 bridgehead atoms. The standard InChI is InChI=1S/C11H10F3NO3S/c1-15(6-11(12,13)14)10(18)7-4-8(19-5-7)2-3-9(16)17/h2-5H,6H2,1H3,(H,16,17). The molecule has 1 N–H and O–H groups in total. The number of halogens is 3. The van der Waals surface area contributed by atoms with Gasteiger partial charge in [0.1, 0.15) is 6.54 Å². The SMILES string of the molecule is CN(CC(F)(F)F)C(=O)c1csc(C=CC(=O)O)c1. The molecule has 0 saturated heterocycles. The average Bonchev–Trinajstić information content (AvgIpc) is 2.71. The van der Waals surface area contributed by atoms with Crippen molar-refractivity contribution in [3.05, 3.63) is 28.0 Å². The van der Waals surface area contributed by atoms with Crippen LogP contribution in [-0.4, -0.2) is 41.7 Å².